The van der Waals surface area contributed by atoms with Crippen molar-refractivity contribution in [2.24, 2.45) is 0 Å². The van der Waals surface area contributed by atoms with Crippen LogP contribution in [-0.2, 0) is 0 Å². The second kappa shape index (κ2) is 4.59. The van der Waals surface area contributed by atoms with Gasteiger partial charge in [0.05, 0.1) is 12.1 Å². The van der Waals surface area contributed by atoms with Crippen LogP contribution in [0.25, 0.3) is 11.0 Å². The van der Waals surface area contributed by atoms with Gasteiger partial charge in [-0.2, -0.15) is 0 Å². The average molecular weight is 242 g/mol. The van der Waals surface area contributed by atoms with E-state index in [0.717, 1.165) is 12.1 Å². The Kier molecular flexibility index (Phi) is 4.05. The molecule has 0 aliphatic carbocycles. The summed E-state index contributed by atoms with van der Waals surface area (Å²) in [6.45, 7) is -5.31. The van der Waals surface area contributed by atoms with E-state index in [1.165, 1.54) is 12.3 Å². The van der Waals surface area contributed by atoms with E-state index in [4.69, 9.17) is 4.42 Å². The summed E-state index contributed by atoms with van der Waals surface area (Å²) in [6.07, 6.45) is 1.22. The Bertz CT molecular complexity index is 479. The average Bonchev–Trinajstić information content (AvgIpc) is 2.47. The summed E-state index contributed by atoms with van der Waals surface area (Å²) in [5.74, 6) is -1.29. The summed E-state index contributed by atoms with van der Waals surface area (Å²) >= 11 is 0. The number of fused-ring (bicyclic) bond motifs is 1. The SMILES string of the molecule is Fc1cc2occc2cc1[B-](F)(F)F.[K+]. The van der Waals surface area contributed by atoms with Crippen molar-refractivity contribution in [3.8, 4) is 0 Å². The summed E-state index contributed by atoms with van der Waals surface area (Å²) in [7, 11) is 0. The van der Waals surface area contributed by atoms with Crippen molar-refractivity contribution in [3.05, 3.63) is 30.3 Å². The summed E-state index contributed by atoms with van der Waals surface area (Å²) in [5.41, 5.74) is -1.09. The van der Waals surface area contributed by atoms with E-state index in [9.17, 15) is 17.3 Å². The van der Waals surface area contributed by atoms with Gasteiger partial charge in [-0.05, 0) is 6.07 Å². The molecule has 2 aromatic rings. The van der Waals surface area contributed by atoms with Gasteiger partial charge >= 0.3 is 58.4 Å². The molecule has 0 atom stereocenters. The predicted octanol–water partition coefficient (Wildman–Crippen LogP) is -0.370. The summed E-state index contributed by atoms with van der Waals surface area (Å²) in [4.78, 5) is 0. The van der Waals surface area contributed by atoms with E-state index in [1.54, 1.807) is 0 Å². The molecular weight excluding hydrogens is 238 g/mol. The second-order valence-electron chi connectivity index (χ2n) is 2.91. The first kappa shape index (κ1) is 13.2. The van der Waals surface area contributed by atoms with Gasteiger partial charge < -0.3 is 17.4 Å². The first-order valence-electron chi connectivity index (χ1n) is 3.85. The molecule has 7 heteroatoms. The van der Waals surface area contributed by atoms with Crippen LogP contribution in [-0.4, -0.2) is 6.98 Å². The molecule has 0 amide bonds. The zero-order chi connectivity index (χ0) is 10.3. The minimum absolute atomic E-state index is 0. The standard InChI is InChI=1S/C8H4BF4O.K/c10-7-4-8-5(1-2-14-8)3-6(7)9(11,12)13;/h1-4H;/q-1;+1. The van der Waals surface area contributed by atoms with E-state index in [0.29, 0.717) is 0 Å². The van der Waals surface area contributed by atoms with Gasteiger partial charge in [0, 0.05) is 11.5 Å². The summed E-state index contributed by atoms with van der Waals surface area (Å²) < 4.78 is 54.5. The maximum Gasteiger partial charge on any atom is 1.00 e. The molecule has 0 aliphatic rings. The molecule has 0 N–H and O–H groups in total. The van der Waals surface area contributed by atoms with Crippen molar-refractivity contribution in [1.82, 2.24) is 0 Å². The third-order valence-electron chi connectivity index (χ3n) is 1.92. The van der Waals surface area contributed by atoms with Crippen LogP contribution in [0.5, 0.6) is 0 Å². The second-order valence-corrected chi connectivity index (χ2v) is 2.91. The van der Waals surface area contributed by atoms with Crippen LogP contribution in [0.4, 0.5) is 17.3 Å². The van der Waals surface area contributed by atoms with Crippen LogP contribution < -0.4 is 56.8 Å². The van der Waals surface area contributed by atoms with Crippen molar-refractivity contribution < 1.29 is 73.1 Å². The van der Waals surface area contributed by atoms with Crippen LogP contribution in [0.2, 0.25) is 0 Å². The Labute approximate surface area is 125 Å². The molecule has 2 rings (SSSR count). The van der Waals surface area contributed by atoms with Crippen LogP contribution in [0.15, 0.2) is 28.9 Å². The molecule has 15 heavy (non-hydrogen) atoms. The van der Waals surface area contributed by atoms with E-state index in [2.05, 4.69) is 0 Å². The zero-order valence-electron chi connectivity index (χ0n) is 7.81. The van der Waals surface area contributed by atoms with Gasteiger partial charge in [0.2, 0.25) is 0 Å². The van der Waals surface area contributed by atoms with Crippen molar-refractivity contribution in [1.29, 1.82) is 0 Å². The molecule has 1 nitrogen and oxygen atoms in total. The molecule has 0 fully saturated rings. The fourth-order valence-corrected chi connectivity index (χ4v) is 1.25. The maximum absolute atomic E-state index is 12.9. The van der Waals surface area contributed by atoms with Gasteiger partial charge in [-0.15, -0.1) is 0 Å². The van der Waals surface area contributed by atoms with Crippen molar-refractivity contribution in [2.45, 2.75) is 0 Å². The number of rotatable bonds is 1. The van der Waals surface area contributed by atoms with Gasteiger partial charge in [-0.1, -0.05) is 11.5 Å². The first-order valence-corrected chi connectivity index (χ1v) is 3.85. The first-order chi connectivity index (χ1) is 6.48. The van der Waals surface area contributed by atoms with Crippen LogP contribution in [0.1, 0.15) is 0 Å². The number of benzene rings is 1. The number of halogens is 4. The number of furan rings is 1. The molecule has 0 aliphatic heterocycles. The molecule has 74 valence electrons. The Hall–Kier alpha value is 0.181. The van der Waals surface area contributed by atoms with Gasteiger partial charge in [0.25, 0.3) is 0 Å². The van der Waals surface area contributed by atoms with E-state index in [1.807, 2.05) is 0 Å². The molecule has 0 spiro atoms. The molecule has 0 unspecified atom stereocenters. The molecule has 1 aromatic heterocycles. The molecule has 0 bridgehead atoms. The van der Waals surface area contributed by atoms with E-state index >= 15 is 0 Å². The Balaban J connectivity index is 0.00000112. The Morgan fingerprint density at radius 1 is 1.13 bits per heavy atom. The number of hydrogen-bond acceptors (Lipinski definition) is 1. The molecule has 0 saturated carbocycles. The van der Waals surface area contributed by atoms with E-state index < -0.39 is 18.3 Å². The van der Waals surface area contributed by atoms with Gasteiger partial charge in [-0.3, -0.25) is 0 Å². The molecule has 1 heterocycles. The van der Waals surface area contributed by atoms with E-state index in [-0.39, 0.29) is 62.4 Å². The fraction of sp³-hybridized carbons (Fsp3) is 0. The Morgan fingerprint density at radius 3 is 2.40 bits per heavy atom. The number of hydrogen-bond donors (Lipinski definition) is 0. The Morgan fingerprint density at radius 2 is 1.80 bits per heavy atom. The van der Waals surface area contributed by atoms with Crippen LogP contribution in [0.3, 0.4) is 0 Å². The predicted molar refractivity (Wildman–Crippen MR) is 44.9 cm³/mol. The van der Waals surface area contributed by atoms with Crippen molar-refractivity contribution in [3.63, 3.8) is 0 Å². The minimum atomic E-state index is -5.31. The van der Waals surface area contributed by atoms with Gasteiger partial charge in [0.1, 0.15) is 5.58 Å². The summed E-state index contributed by atoms with van der Waals surface area (Å²) in [6, 6.07) is 2.87. The largest absolute Gasteiger partial charge is 1.00 e. The van der Waals surface area contributed by atoms with Crippen LogP contribution >= 0.6 is 0 Å². The van der Waals surface area contributed by atoms with Crippen LogP contribution in [0, 0.1) is 5.82 Å². The normalized spacial score (nSPS) is 11.5. The molecular formula is C8H4BF4KO. The molecule has 1 aromatic carbocycles. The minimum Gasteiger partial charge on any atom is -0.464 e. The fourth-order valence-electron chi connectivity index (χ4n) is 1.25. The summed E-state index contributed by atoms with van der Waals surface area (Å²) in [5, 5.41) is 0.251. The van der Waals surface area contributed by atoms with Gasteiger partial charge in [0.15, 0.2) is 0 Å². The third-order valence-corrected chi connectivity index (χ3v) is 1.92. The monoisotopic (exact) mass is 242 g/mol. The van der Waals surface area contributed by atoms with Crippen molar-refractivity contribution >= 4 is 23.4 Å². The maximum atomic E-state index is 12.9. The van der Waals surface area contributed by atoms with Gasteiger partial charge in [-0.25, -0.2) is 4.39 Å². The topological polar surface area (TPSA) is 13.1 Å². The third kappa shape index (κ3) is 2.65. The smallest absolute Gasteiger partial charge is 0.464 e. The molecule has 0 saturated heterocycles. The molecule has 0 radical (unpaired) electrons. The quantitative estimate of drug-likeness (QED) is 0.491. The van der Waals surface area contributed by atoms with Crippen molar-refractivity contribution in [2.75, 3.05) is 0 Å². The zero-order valence-corrected chi connectivity index (χ0v) is 10.9.